The topological polar surface area (TPSA) is 41.6 Å². The van der Waals surface area contributed by atoms with E-state index in [4.69, 9.17) is 16.3 Å². The van der Waals surface area contributed by atoms with Gasteiger partial charge >= 0.3 is 6.03 Å². The molecule has 4 nitrogen and oxygen atoms in total. The fraction of sp³-hybridized carbons (Fsp3) is 0.350. The van der Waals surface area contributed by atoms with Gasteiger partial charge in [-0.2, -0.15) is 0 Å². The first-order valence-electron chi connectivity index (χ1n) is 8.68. The van der Waals surface area contributed by atoms with Crippen molar-refractivity contribution < 1.29 is 9.53 Å². The number of nitrogens with one attached hydrogen (secondary N) is 1. The van der Waals surface area contributed by atoms with Crippen molar-refractivity contribution >= 4 is 23.3 Å². The van der Waals surface area contributed by atoms with Gasteiger partial charge in [0.1, 0.15) is 12.4 Å². The third-order valence-corrected chi connectivity index (χ3v) is 4.04. The third-order valence-electron chi connectivity index (χ3n) is 3.79. The fourth-order valence-corrected chi connectivity index (χ4v) is 2.52. The van der Waals surface area contributed by atoms with E-state index < -0.39 is 0 Å². The minimum absolute atomic E-state index is 0.116. The minimum atomic E-state index is -0.116. The molecule has 2 aromatic rings. The molecule has 25 heavy (non-hydrogen) atoms. The van der Waals surface area contributed by atoms with Crippen LogP contribution >= 0.6 is 11.6 Å². The molecule has 2 aromatic carbocycles. The Morgan fingerprint density at radius 2 is 1.76 bits per heavy atom. The zero-order valence-electron chi connectivity index (χ0n) is 14.6. The van der Waals surface area contributed by atoms with Gasteiger partial charge in [-0.25, -0.2) is 4.79 Å². The number of urea groups is 1. The first-order chi connectivity index (χ1) is 12.2. The predicted octanol–water partition coefficient (Wildman–Crippen LogP) is 5.44. The lowest BCUT2D eigenvalue weighted by Crippen LogP contribution is -2.38. The summed E-state index contributed by atoms with van der Waals surface area (Å²) in [4.78, 5) is 14.4. The Bertz CT molecular complexity index is 632. The monoisotopic (exact) mass is 360 g/mol. The van der Waals surface area contributed by atoms with Crippen LogP contribution in [0.25, 0.3) is 0 Å². The Morgan fingerprint density at radius 1 is 1.04 bits per heavy atom. The molecule has 0 radical (unpaired) electrons. The second-order valence-corrected chi connectivity index (χ2v) is 6.23. The summed E-state index contributed by atoms with van der Waals surface area (Å²) in [6.07, 6.45) is 3.20. The molecule has 0 atom stereocenters. The molecule has 0 aliphatic heterocycles. The number of halogens is 1. The highest BCUT2D eigenvalue weighted by molar-refractivity contribution is 6.30. The summed E-state index contributed by atoms with van der Waals surface area (Å²) in [6.45, 7) is 3.87. The highest BCUT2D eigenvalue weighted by Gasteiger charge is 2.13. The molecule has 0 aromatic heterocycles. The molecule has 2 amide bonds. The summed E-state index contributed by atoms with van der Waals surface area (Å²) in [5.41, 5.74) is 0.735. The predicted molar refractivity (Wildman–Crippen MR) is 104 cm³/mol. The average Bonchev–Trinajstić information content (AvgIpc) is 2.63. The number of nitrogens with zero attached hydrogens (tertiary/aromatic N) is 1. The van der Waals surface area contributed by atoms with E-state index in [9.17, 15) is 4.79 Å². The maximum Gasteiger partial charge on any atom is 0.321 e. The Hall–Kier alpha value is -2.20. The summed E-state index contributed by atoms with van der Waals surface area (Å²) < 4.78 is 5.72. The molecule has 0 saturated heterocycles. The Kier molecular flexibility index (Phi) is 8.13. The number of amides is 2. The third kappa shape index (κ3) is 7.06. The van der Waals surface area contributed by atoms with Gasteiger partial charge in [0.25, 0.3) is 0 Å². The smallest absolute Gasteiger partial charge is 0.321 e. The Balaban J connectivity index is 1.88. The first-order valence-corrected chi connectivity index (χ1v) is 9.06. The van der Waals surface area contributed by atoms with Crippen LogP contribution in [-0.2, 0) is 0 Å². The molecule has 0 aliphatic rings. The van der Waals surface area contributed by atoms with Crippen LogP contribution < -0.4 is 10.1 Å². The van der Waals surface area contributed by atoms with Crippen molar-refractivity contribution in [2.45, 2.75) is 26.2 Å². The molecule has 0 unspecified atom stereocenters. The maximum absolute atomic E-state index is 12.6. The molecule has 0 fully saturated rings. The van der Waals surface area contributed by atoms with Crippen molar-refractivity contribution in [1.82, 2.24) is 4.90 Å². The van der Waals surface area contributed by atoms with Gasteiger partial charge < -0.3 is 15.0 Å². The first kappa shape index (κ1) is 19.1. The lowest BCUT2D eigenvalue weighted by Gasteiger charge is -2.23. The number of anilines is 1. The van der Waals surface area contributed by atoms with E-state index in [2.05, 4.69) is 12.2 Å². The van der Waals surface area contributed by atoms with Gasteiger partial charge in [0.2, 0.25) is 0 Å². The number of hydrogen-bond acceptors (Lipinski definition) is 2. The summed E-state index contributed by atoms with van der Waals surface area (Å²) in [7, 11) is 0. The number of ether oxygens (including phenoxy) is 1. The van der Waals surface area contributed by atoms with Gasteiger partial charge in [-0.05, 0) is 42.8 Å². The van der Waals surface area contributed by atoms with Crippen molar-refractivity contribution in [2.75, 3.05) is 25.0 Å². The zero-order chi connectivity index (χ0) is 17.9. The molecular formula is C20H25ClN2O2. The molecule has 134 valence electrons. The van der Waals surface area contributed by atoms with Crippen LogP contribution in [0.2, 0.25) is 5.02 Å². The van der Waals surface area contributed by atoms with Crippen LogP contribution in [0, 0.1) is 0 Å². The van der Waals surface area contributed by atoms with E-state index in [1.807, 2.05) is 30.3 Å². The summed E-state index contributed by atoms with van der Waals surface area (Å²) in [6, 6.07) is 16.6. The van der Waals surface area contributed by atoms with Crippen molar-refractivity contribution in [3.05, 3.63) is 59.6 Å². The second kappa shape index (κ2) is 10.6. The largest absolute Gasteiger partial charge is 0.492 e. The van der Waals surface area contributed by atoms with Gasteiger partial charge in [-0.3, -0.25) is 0 Å². The van der Waals surface area contributed by atoms with Crippen LogP contribution in [0.4, 0.5) is 10.5 Å². The minimum Gasteiger partial charge on any atom is -0.492 e. The number of benzene rings is 2. The van der Waals surface area contributed by atoms with Crippen LogP contribution in [0.5, 0.6) is 5.75 Å². The van der Waals surface area contributed by atoms with E-state index in [1.54, 1.807) is 29.2 Å². The standard InChI is InChI=1S/C20H25ClN2O2/c1-2-3-7-14-23(15-16-25-19-8-5-4-6-9-19)20(24)22-18-12-10-17(21)11-13-18/h4-6,8-13H,2-3,7,14-16H2,1H3,(H,22,24). The van der Waals surface area contributed by atoms with Gasteiger partial charge in [-0.15, -0.1) is 0 Å². The van der Waals surface area contributed by atoms with E-state index in [1.165, 1.54) is 0 Å². The normalized spacial score (nSPS) is 10.3. The molecule has 0 heterocycles. The number of carbonyl (C=O) groups excluding carboxylic acids is 1. The lowest BCUT2D eigenvalue weighted by atomic mass is 10.2. The maximum atomic E-state index is 12.6. The second-order valence-electron chi connectivity index (χ2n) is 5.79. The highest BCUT2D eigenvalue weighted by Crippen LogP contribution is 2.14. The Labute approximate surface area is 154 Å². The molecule has 0 aliphatic carbocycles. The van der Waals surface area contributed by atoms with Crippen LogP contribution in [0.1, 0.15) is 26.2 Å². The number of hydrogen-bond donors (Lipinski definition) is 1. The van der Waals surface area contributed by atoms with E-state index in [0.29, 0.717) is 24.7 Å². The van der Waals surface area contributed by atoms with Gasteiger partial charge in [0.15, 0.2) is 0 Å². The lowest BCUT2D eigenvalue weighted by molar-refractivity contribution is 0.193. The quantitative estimate of drug-likeness (QED) is 0.604. The van der Waals surface area contributed by atoms with E-state index in [-0.39, 0.29) is 6.03 Å². The molecule has 2 rings (SSSR count). The number of para-hydroxylation sites is 1. The zero-order valence-corrected chi connectivity index (χ0v) is 15.3. The van der Waals surface area contributed by atoms with Crippen LogP contribution in [0.15, 0.2) is 54.6 Å². The number of rotatable bonds is 9. The molecule has 1 N–H and O–H groups in total. The number of carbonyl (C=O) groups is 1. The van der Waals surface area contributed by atoms with Crippen molar-refractivity contribution in [3.8, 4) is 5.75 Å². The summed E-state index contributed by atoms with van der Waals surface area (Å²) in [5, 5.41) is 3.56. The van der Waals surface area contributed by atoms with Crippen molar-refractivity contribution in [1.29, 1.82) is 0 Å². The van der Waals surface area contributed by atoms with E-state index in [0.717, 1.165) is 30.7 Å². The highest BCUT2D eigenvalue weighted by atomic mass is 35.5. The number of unbranched alkanes of at least 4 members (excludes halogenated alkanes) is 2. The molecular weight excluding hydrogens is 336 g/mol. The summed E-state index contributed by atoms with van der Waals surface area (Å²) >= 11 is 5.88. The fourth-order valence-electron chi connectivity index (χ4n) is 2.39. The summed E-state index contributed by atoms with van der Waals surface area (Å²) in [5.74, 6) is 0.814. The molecule has 0 bridgehead atoms. The SMILES string of the molecule is CCCCCN(CCOc1ccccc1)C(=O)Nc1ccc(Cl)cc1. The molecule has 0 saturated carbocycles. The van der Waals surface area contributed by atoms with Crippen molar-refractivity contribution in [3.63, 3.8) is 0 Å². The van der Waals surface area contributed by atoms with Gasteiger partial charge in [-0.1, -0.05) is 49.6 Å². The molecule has 0 spiro atoms. The van der Waals surface area contributed by atoms with Crippen LogP contribution in [0.3, 0.4) is 0 Å². The Morgan fingerprint density at radius 3 is 2.44 bits per heavy atom. The van der Waals surface area contributed by atoms with Crippen LogP contribution in [-0.4, -0.2) is 30.6 Å². The average molecular weight is 361 g/mol. The van der Waals surface area contributed by atoms with Crippen molar-refractivity contribution in [2.24, 2.45) is 0 Å². The van der Waals surface area contributed by atoms with E-state index >= 15 is 0 Å². The van der Waals surface area contributed by atoms with Gasteiger partial charge in [0, 0.05) is 17.3 Å². The molecule has 5 heteroatoms. The van der Waals surface area contributed by atoms with Gasteiger partial charge in [0.05, 0.1) is 6.54 Å².